The molecule has 0 radical (unpaired) electrons. The molecule has 1 aliphatic heterocycles. The van der Waals surface area contributed by atoms with Crippen LogP contribution in [0.15, 0.2) is 0 Å². The summed E-state index contributed by atoms with van der Waals surface area (Å²) < 4.78 is 35.6. The summed E-state index contributed by atoms with van der Waals surface area (Å²) in [4.78, 5) is 12.7. The molecule has 0 bridgehead atoms. The quantitative estimate of drug-likeness (QED) is 0.809. The zero-order valence-electron chi connectivity index (χ0n) is 9.31. The van der Waals surface area contributed by atoms with Crippen molar-refractivity contribution in [2.24, 2.45) is 5.73 Å². The van der Waals surface area contributed by atoms with Gasteiger partial charge in [0, 0.05) is 19.5 Å². The minimum Gasteiger partial charge on any atom is -0.339 e. The van der Waals surface area contributed by atoms with Crippen molar-refractivity contribution in [2.45, 2.75) is 44.3 Å². The van der Waals surface area contributed by atoms with Gasteiger partial charge in [0.05, 0.1) is 12.0 Å². The number of alkyl halides is 3. The smallest absolute Gasteiger partial charge is 0.339 e. The van der Waals surface area contributed by atoms with Crippen LogP contribution in [0.25, 0.3) is 0 Å². The van der Waals surface area contributed by atoms with E-state index >= 15 is 0 Å². The van der Waals surface area contributed by atoms with Crippen LogP contribution in [0.3, 0.4) is 0 Å². The number of carbonyl (C=O) groups excluding carboxylic acids is 1. The molecule has 0 aliphatic carbocycles. The molecule has 0 spiro atoms. The van der Waals surface area contributed by atoms with Crippen LogP contribution in [0.5, 0.6) is 0 Å². The van der Waals surface area contributed by atoms with Gasteiger partial charge in [0.15, 0.2) is 0 Å². The first kappa shape index (κ1) is 13.3. The average molecular weight is 238 g/mol. The second-order valence-corrected chi connectivity index (χ2v) is 4.48. The van der Waals surface area contributed by atoms with Gasteiger partial charge in [0.25, 0.3) is 0 Å². The Labute approximate surface area is 92.8 Å². The number of halogens is 3. The van der Waals surface area contributed by atoms with Crippen molar-refractivity contribution in [1.82, 2.24) is 4.90 Å². The van der Waals surface area contributed by atoms with Gasteiger partial charge in [-0.05, 0) is 6.42 Å². The van der Waals surface area contributed by atoms with Crippen molar-refractivity contribution in [2.75, 3.05) is 13.1 Å². The number of nitrogens with two attached hydrogens (primary N) is 1. The lowest BCUT2D eigenvalue weighted by atomic mass is 9.86. The van der Waals surface area contributed by atoms with E-state index in [0.717, 1.165) is 12.8 Å². The molecule has 0 aromatic rings. The average Bonchev–Trinajstić information content (AvgIpc) is 2.09. The fourth-order valence-corrected chi connectivity index (χ4v) is 1.95. The van der Waals surface area contributed by atoms with E-state index in [1.54, 1.807) is 0 Å². The first-order valence-electron chi connectivity index (χ1n) is 5.39. The maximum absolute atomic E-state index is 11.9. The van der Waals surface area contributed by atoms with E-state index in [0.29, 0.717) is 13.1 Å². The van der Waals surface area contributed by atoms with Gasteiger partial charge in [-0.15, -0.1) is 0 Å². The Morgan fingerprint density at radius 2 is 2.00 bits per heavy atom. The number of hydrogen-bond donors (Lipinski definition) is 1. The summed E-state index contributed by atoms with van der Waals surface area (Å²) >= 11 is 0. The van der Waals surface area contributed by atoms with Gasteiger partial charge < -0.3 is 10.6 Å². The second-order valence-electron chi connectivity index (χ2n) is 4.48. The van der Waals surface area contributed by atoms with Crippen molar-refractivity contribution in [3.8, 4) is 0 Å². The Kier molecular flexibility index (Phi) is 3.83. The number of rotatable bonds is 4. The van der Waals surface area contributed by atoms with Crippen molar-refractivity contribution in [3.05, 3.63) is 0 Å². The summed E-state index contributed by atoms with van der Waals surface area (Å²) in [6.45, 7) is 2.76. The normalized spacial score (nSPS) is 19.4. The Morgan fingerprint density at radius 3 is 2.44 bits per heavy atom. The molecule has 0 aromatic heterocycles. The number of likely N-dealkylation sites (tertiary alicyclic amines) is 1. The van der Waals surface area contributed by atoms with E-state index in [2.05, 4.69) is 0 Å². The molecule has 1 aliphatic rings. The van der Waals surface area contributed by atoms with Crippen molar-refractivity contribution in [1.29, 1.82) is 0 Å². The summed E-state index contributed by atoms with van der Waals surface area (Å²) in [6, 6.07) is 0. The molecular weight excluding hydrogens is 221 g/mol. The van der Waals surface area contributed by atoms with Crippen molar-refractivity contribution >= 4 is 5.91 Å². The Bertz CT molecular complexity index is 259. The first-order chi connectivity index (χ1) is 7.26. The van der Waals surface area contributed by atoms with E-state index in [4.69, 9.17) is 5.73 Å². The van der Waals surface area contributed by atoms with E-state index in [1.165, 1.54) is 4.90 Å². The van der Waals surface area contributed by atoms with Gasteiger partial charge in [-0.2, -0.15) is 13.2 Å². The molecule has 2 N–H and O–H groups in total. The summed E-state index contributed by atoms with van der Waals surface area (Å²) in [5.41, 5.74) is 5.53. The Balaban J connectivity index is 2.27. The monoisotopic (exact) mass is 238 g/mol. The highest BCUT2D eigenvalue weighted by molar-refractivity contribution is 5.77. The van der Waals surface area contributed by atoms with Crippen LogP contribution in [0.4, 0.5) is 13.2 Å². The molecule has 94 valence electrons. The standard InChI is InChI=1S/C10H17F3N2O/c1-2-4-9(14)6-15(7-9)8(16)3-5-10(11,12)13/h2-7,14H2,1H3. The topological polar surface area (TPSA) is 46.3 Å². The molecule has 1 heterocycles. The minimum absolute atomic E-state index is 0.372. The van der Waals surface area contributed by atoms with Crippen LogP contribution in [0, 0.1) is 0 Å². The molecule has 1 rings (SSSR count). The van der Waals surface area contributed by atoms with E-state index in [9.17, 15) is 18.0 Å². The van der Waals surface area contributed by atoms with Crippen LogP contribution < -0.4 is 5.73 Å². The summed E-state index contributed by atoms with van der Waals surface area (Å²) in [7, 11) is 0. The SMILES string of the molecule is CCCC1(N)CN(C(=O)CCC(F)(F)F)C1. The first-order valence-corrected chi connectivity index (χ1v) is 5.39. The van der Waals surface area contributed by atoms with Crippen LogP contribution in [-0.4, -0.2) is 35.6 Å². The number of carbonyl (C=O) groups is 1. The van der Waals surface area contributed by atoms with Gasteiger partial charge in [0.1, 0.15) is 0 Å². The molecule has 0 atom stereocenters. The summed E-state index contributed by atoms with van der Waals surface area (Å²) in [6.07, 6.45) is -4.06. The molecule has 3 nitrogen and oxygen atoms in total. The highest BCUT2D eigenvalue weighted by Crippen LogP contribution is 2.26. The lowest BCUT2D eigenvalue weighted by Gasteiger charge is -2.48. The lowest BCUT2D eigenvalue weighted by Crippen LogP contribution is -2.68. The van der Waals surface area contributed by atoms with Gasteiger partial charge >= 0.3 is 6.18 Å². The van der Waals surface area contributed by atoms with Gasteiger partial charge in [0.2, 0.25) is 5.91 Å². The molecule has 0 aromatic carbocycles. The molecular formula is C10H17F3N2O. The zero-order valence-corrected chi connectivity index (χ0v) is 9.31. The maximum atomic E-state index is 11.9. The van der Waals surface area contributed by atoms with Gasteiger partial charge in [-0.3, -0.25) is 4.79 Å². The van der Waals surface area contributed by atoms with Crippen LogP contribution >= 0.6 is 0 Å². The van der Waals surface area contributed by atoms with Gasteiger partial charge in [-0.25, -0.2) is 0 Å². The predicted octanol–water partition coefficient (Wildman–Crippen LogP) is 1.67. The van der Waals surface area contributed by atoms with Crippen LogP contribution in [0.2, 0.25) is 0 Å². The highest BCUT2D eigenvalue weighted by atomic mass is 19.4. The molecule has 0 saturated carbocycles. The molecule has 6 heteroatoms. The predicted molar refractivity (Wildman–Crippen MR) is 53.7 cm³/mol. The molecule has 0 unspecified atom stereocenters. The van der Waals surface area contributed by atoms with E-state index < -0.39 is 24.9 Å². The summed E-state index contributed by atoms with van der Waals surface area (Å²) in [5, 5.41) is 0. The number of nitrogens with zero attached hydrogens (tertiary/aromatic N) is 1. The third-order valence-corrected chi connectivity index (χ3v) is 2.73. The van der Waals surface area contributed by atoms with Crippen LogP contribution in [-0.2, 0) is 4.79 Å². The molecule has 16 heavy (non-hydrogen) atoms. The fraction of sp³-hybridized carbons (Fsp3) is 0.900. The molecule has 1 amide bonds. The third kappa shape index (κ3) is 3.66. The maximum Gasteiger partial charge on any atom is 0.389 e. The highest BCUT2D eigenvalue weighted by Gasteiger charge is 2.41. The van der Waals surface area contributed by atoms with E-state index in [1.807, 2.05) is 6.92 Å². The minimum atomic E-state index is -4.26. The Hall–Kier alpha value is -0.780. The number of amides is 1. The van der Waals surface area contributed by atoms with Crippen molar-refractivity contribution in [3.63, 3.8) is 0 Å². The number of hydrogen-bond acceptors (Lipinski definition) is 2. The van der Waals surface area contributed by atoms with Crippen molar-refractivity contribution < 1.29 is 18.0 Å². The fourth-order valence-electron chi connectivity index (χ4n) is 1.95. The summed E-state index contributed by atoms with van der Waals surface area (Å²) in [5.74, 6) is -0.450. The Morgan fingerprint density at radius 1 is 1.44 bits per heavy atom. The third-order valence-electron chi connectivity index (χ3n) is 2.73. The van der Waals surface area contributed by atoms with E-state index in [-0.39, 0.29) is 5.54 Å². The molecule has 1 fully saturated rings. The largest absolute Gasteiger partial charge is 0.389 e. The van der Waals surface area contributed by atoms with Crippen LogP contribution in [0.1, 0.15) is 32.6 Å². The molecule has 1 saturated heterocycles. The zero-order chi connectivity index (χ0) is 12.4. The second kappa shape index (κ2) is 4.61. The van der Waals surface area contributed by atoms with Gasteiger partial charge in [-0.1, -0.05) is 13.3 Å². The lowest BCUT2D eigenvalue weighted by molar-refractivity contribution is -0.153.